The second kappa shape index (κ2) is 7.16. The van der Waals surface area contributed by atoms with Gasteiger partial charge < -0.3 is 9.88 Å². The number of rotatable bonds is 4. The summed E-state index contributed by atoms with van der Waals surface area (Å²) >= 11 is 0. The largest absolute Gasteiger partial charge is 0.342 e. The Morgan fingerprint density at radius 1 is 1.08 bits per heavy atom. The molecule has 26 heavy (non-hydrogen) atoms. The van der Waals surface area contributed by atoms with Gasteiger partial charge in [0, 0.05) is 23.1 Å². The summed E-state index contributed by atoms with van der Waals surface area (Å²) in [6.07, 6.45) is 6.69. The van der Waals surface area contributed by atoms with Crippen LogP contribution in [-0.4, -0.2) is 15.5 Å². The first-order valence-corrected chi connectivity index (χ1v) is 9.20. The third kappa shape index (κ3) is 3.40. The Balaban J connectivity index is 1.46. The number of amides is 1. The van der Waals surface area contributed by atoms with Crippen LogP contribution in [0.5, 0.6) is 0 Å². The molecule has 0 radical (unpaired) electrons. The number of hydrogen-bond donors (Lipinski definition) is 1. The highest BCUT2D eigenvalue weighted by atomic mass is 16.2. The summed E-state index contributed by atoms with van der Waals surface area (Å²) in [6.45, 7) is 2.32. The Hall–Kier alpha value is -2.88. The van der Waals surface area contributed by atoms with Crippen LogP contribution in [0.2, 0.25) is 0 Å². The van der Waals surface area contributed by atoms with E-state index in [0.717, 1.165) is 29.7 Å². The molecular formula is C22H23N3O. The summed E-state index contributed by atoms with van der Waals surface area (Å²) in [5.74, 6) is 0.571. The SMILES string of the molecule is Cc1nc(NC(=O)Cn2ccc3c2CCCC3)ccc1-c1ccccc1. The Bertz CT molecular complexity index is 928. The lowest BCUT2D eigenvalue weighted by molar-refractivity contribution is -0.116. The monoisotopic (exact) mass is 345 g/mol. The summed E-state index contributed by atoms with van der Waals surface area (Å²) < 4.78 is 2.08. The molecule has 2 aromatic heterocycles. The minimum absolute atomic E-state index is 0.0339. The lowest BCUT2D eigenvalue weighted by atomic mass is 9.98. The maximum Gasteiger partial charge on any atom is 0.245 e. The Morgan fingerprint density at radius 2 is 1.88 bits per heavy atom. The highest BCUT2D eigenvalue weighted by Gasteiger charge is 2.15. The van der Waals surface area contributed by atoms with Crippen molar-refractivity contribution in [1.29, 1.82) is 0 Å². The Morgan fingerprint density at radius 3 is 2.69 bits per heavy atom. The number of fused-ring (bicyclic) bond motifs is 1. The second-order valence-electron chi connectivity index (χ2n) is 6.87. The summed E-state index contributed by atoms with van der Waals surface area (Å²) in [5, 5.41) is 2.94. The fraction of sp³-hybridized carbons (Fsp3) is 0.273. The van der Waals surface area contributed by atoms with Crippen LogP contribution < -0.4 is 5.32 Å². The molecule has 4 rings (SSSR count). The maximum absolute atomic E-state index is 12.5. The fourth-order valence-corrected chi connectivity index (χ4v) is 3.73. The molecule has 0 saturated carbocycles. The van der Waals surface area contributed by atoms with Crippen molar-refractivity contribution in [3.05, 3.63) is 71.7 Å². The molecule has 1 aliphatic rings. The molecule has 0 bridgehead atoms. The highest BCUT2D eigenvalue weighted by Crippen LogP contribution is 2.24. The average molecular weight is 345 g/mol. The molecule has 1 amide bonds. The average Bonchev–Trinajstić information content (AvgIpc) is 3.05. The van der Waals surface area contributed by atoms with Crippen LogP contribution in [0.4, 0.5) is 5.82 Å². The van der Waals surface area contributed by atoms with E-state index in [4.69, 9.17) is 0 Å². The lowest BCUT2D eigenvalue weighted by Gasteiger charge is -2.15. The first-order chi connectivity index (χ1) is 12.7. The number of anilines is 1. The molecule has 0 spiro atoms. The first kappa shape index (κ1) is 16.6. The molecule has 4 nitrogen and oxygen atoms in total. The van der Waals surface area contributed by atoms with Gasteiger partial charge in [0.2, 0.25) is 5.91 Å². The molecule has 4 heteroatoms. The smallest absolute Gasteiger partial charge is 0.245 e. The zero-order chi connectivity index (χ0) is 17.9. The van der Waals surface area contributed by atoms with Gasteiger partial charge in [0.1, 0.15) is 12.4 Å². The third-order valence-corrected chi connectivity index (χ3v) is 5.03. The Labute approximate surface area is 153 Å². The van der Waals surface area contributed by atoms with Gasteiger partial charge >= 0.3 is 0 Å². The lowest BCUT2D eigenvalue weighted by Crippen LogP contribution is -2.21. The minimum Gasteiger partial charge on any atom is -0.342 e. The number of nitrogens with one attached hydrogen (secondary N) is 1. The van der Waals surface area contributed by atoms with E-state index in [1.807, 2.05) is 43.5 Å². The van der Waals surface area contributed by atoms with Gasteiger partial charge in [-0.3, -0.25) is 4.79 Å². The number of hydrogen-bond acceptors (Lipinski definition) is 2. The van der Waals surface area contributed by atoms with Crippen molar-refractivity contribution >= 4 is 11.7 Å². The van der Waals surface area contributed by atoms with Crippen LogP contribution in [0.25, 0.3) is 11.1 Å². The molecule has 132 valence electrons. The minimum atomic E-state index is -0.0339. The van der Waals surface area contributed by atoms with Gasteiger partial charge in [-0.1, -0.05) is 30.3 Å². The van der Waals surface area contributed by atoms with Gasteiger partial charge in [0.25, 0.3) is 0 Å². The number of nitrogens with zero attached hydrogens (tertiary/aromatic N) is 2. The molecule has 0 fully saturated rings. The predicted octanol–water partition coefficient (Wildman–Crippen LogP) is 4.38. The highest BCUT2D eigenvalue weighted by molar-refractivity contribution is 5.90. The molecule has 2 heterocycles. The summed E-state index contributed by atoms with van der Waals surface area (Å²) in [6, 6.07) is 16.2. The van der Waals surface area contributed by atoms with Crippen molar-refractivity contribution in [2.75, 3.05) is 5.32 Å². The number of carbonyl (C=O) groups excluding carboxylic acids is 1. The summed E-state index contributed by atoms with van der Waals surface area (Å²) in [5.41, 5.74) is 5.84. The van der Waals surface area contributed by atoms with Crippen LogP contribution in [0, 0.1) is 6.92 Å². The van der Waals surface area contributed by atoms with Crippen LogP contribution in [0.1, 0.15) is 29.8 Å². The van der Waals surface area contributed by atoms with Crippen molar-refractivity contribution in [1.82, 2.24) is 9.55 Å². The molecular weight excluding hydrogens is 322 g/mol. The van der Waals surface area contributed by atoms with Crippen LogP contribution in [-0.2, 0) is 24.2 Å². The number of aryl methyl sites for hydroxylation is 2. The van der Waals surface area contributed by atoms with Gasteiger partial charge in [-0.05, 0) is 61.9 Å². The molecule has 0 atom stereocenters. The zero-order valence-corrected chi connectivity index (χ0v) is 15.0. The van der Waals surface area contributed by atoms with Crippen LogP contribution in [0.15, 0.2) is 54.7 Å². The molecule has 0 saturated heterocycles. The summed E-state index contributed by atoms with van der Waals surface area (Å²) in [4.78, 5) is 17.0. The normalized spacial score (nSPS) is 13.3. The van der Waals surface area contributed by atoms with E-state index in [2.05, 4.69) is 33.1 Å². The number of carbonyl (C=O) groups is 1. The van der Waals surface area contributed by atoms with E-state index in [9.17, 15) is 4.79 Å². The van der Waals surface area contributed by atoms with Gasteiger partial charge in [-0.25, -0.2) is 4.98 Å². The molecule has 0 aliphatic heterocycles. The number of pyridine rings is 1. The number of benzene rings is 1. The van der Waals surface area contributed by atoms with Crippen LogP contribution >= 0.6 is 0 Å². The molecule has 1 aromatic carbocycles. The van der Waals surface area contributed by atoms with Crippen molar-refractivity contribution in [2.24, 2.45) is 0 Å². The van der Waals surface area contributed by atoms with Gasteiger partial charge in [0.15, 0.2) is 0 Å². The topological polar surface area (TPSA) is 46.9 Å². The van der Waals surface area contributed by atoms with Crippen molar-refractivity contribution in [3.8, 4) is 11.1 Å². The fourth-order valence-electron chi connectivity index (χ4n) is 3.73. The molecule has 0 unspecified atom stereocenters. The zero-order valence-electron chi connectivity index (χ0n) is 15.0. The van der Waals surface area contributed by atoms with Crippen LogP contribution in [0.3, 0.4) is 0 Å². The summed E-state index contributed by atoms with van der Waals surface area (Å²) in [7, 11) is 0. The van der Waals surface area contributed by atoms with Crippen molar-refractivity contribution < 1.29 is 4.79 Å². The standard InChI is InChI=1S/C22H23N3O/c1-16-19(17-7-3-2-4-8-17)11-12-21(23-16)24-22(26)15-25-14-13-18-9-5-6-10-20(18)25/h2-4,7-8,11-14H,5-6,9-10,15H2,1H3,(H,23,24,26). The first-order valence-electron chi connectivity index (χ1n) is 9.20. The van der Waals surface area contributed by atoms with E-state index in [-0.39, 0.29) is 5.91 Å². The van der Waals surface area contributed by atoms with E-state index in [1.165, 1.54) is 24.1 Å². The number of aromatic nitrogens is 2. The third-order valence-electron chi connectivity index (χ3n) is 5.03. The molecule has 1 aliphatic carbocycles. The van der Waals surface area contributed by atoms with Crippen molar-refractivity contribution in [2.45, 2.75) is 39.2 Å². The van der Waals surface area contributed by atoms with Gasteiger partial charge in [0.05, 0.1) is 0 Å². The van der Waals surface area contributed by atoms with E-state index >= 15 is 0 Å². The maximum atomic E-state index is 12.5. The quantitative estimate of drug-likeness (QED) is 0.763. The van der Waals surface area contributed by atoms with E-state index in [1.54, 1.807) is 0 Å². The van der Waals surface area contributed by atoms with Gasteiger partial charge in [-0.2, -0.15) is 0 Å². The predicted molar refractivity (Wildman–Crippen MR) is 104 cm³/mol. The van der Waals surface area contributed by atoms with Gasteiger partial charge in [-0.15, -0.1) is 0 Å². The molecule has 3 aromatic rings. The van der Waals surface area contributed by atoms with Crippen molar-refractivity contribution in [3.63, 3.8) is 0 Å². The van der Waals surface area contributed by atoms with E-state index in [0.29, 0.717) is 12.4 Å². The molecule has 1 N–H and O–H groups in total. The Kier molecular flexibility index (Phi) is 4.57. The second-order valence-corrected chi connectivity index (χ2v) is 6.87. The van der Waals surface area contributed by atoms with E-state index < -0.39 is 0 Å².